The van der Waals surface area contributed by atoms with Gasteiger partial charge in [-0.25, -0.2) is 4.79 Å². The normalized spacial score (nSPS) is 10.3. The summed E-state index contributed by atoms with van der Waals surface area (Å²) >= 11 is 0. The van der Waals surface area contributed by atoms with Crippen LogP contribution in [0.15, 0.2) is 24.3 Å². The number of anilines is 1. The molecule has 0 radical (unpaired) electrons. The number of benzene rings is 1. The van der Waals surface area contributed by atoms with Gasteiger partial charge in [-0.2, -0.15) is 0 Å². The lowest BCUT2D eigenvalue weighted by Crippen LogP contribution is -2.20. The third-order valence-corrected chi connectivity index (χ3v) is 1.94. The fourth-order valence-corrected chi connectivity index (χ4v) is 1.17. The highest BCUT2D eigenvalue weighted by Gasteiger charge is 2.06. The number of hydrogen-bond acceptors (Lipinski definition) is 3. The van der Waals surface area contributed by atoms with E-state index >= 15 is 0 Å². The van der Waals surface area contributed by atoms with Gasteiger partial charge in [-0.05, 0) is 32.0 Å². The molecule has 1 aromatic rings. The van der Waals surface area contributed by atoms with Crippen LogP contribution in [0.2, 0.25) is 0 Å². The molecule has 0 atom stereocenters. The lowest BCUT2D eigenvalue weighted by atomic mass is 10.2. The van der Waals surface area contributed by atoms with Crippen LogP contribution in [0, 0.1) is 0 Å². The van der Waals surface area contributed by atoms with E-state index in [0.717, 1.165) is 0 Å². The Morgan fingerprint density at radius 3 is 2.71 bits per heavy atom. The van der Waals surface area contributed by atoms with E-state index in [2.05, 4.69) is 5.32 Å². The van der Waals surface area contributed by atoms with E-state index in [0.29, 0.717) is 5.69 Å². The van der Waals surface area contributed by atoms with Crippen LogP contribution in [0.3, 0.4) is 0 Å². The second-order valence-corrected chi connectivity index (χ2v) is 3.79. The van der Waals surface area contributed by atoms with E-state index in [-0.39, 0.29) is 24.2 Å². The summed E-state index contributed by atoms with van der Waals surface area (Å²) in [6.45, 7) is 3.62. The number of carbonyl (C=O) groups excluding carboxylic acids is 1. The zero-order chi connectivity index (χ0) is 12.8. The van der Waals surface area contributed by atoms with Gasteiger partial charge in [0.15, 0.2) is 0 Å². The maximum atomic E-state index is 11.4. The van der Waals surface area contributed by atoms with Crippen LogP contribution in [-0.4, -0.2) is 29.7 Å². The van der Waals surface area contributed by atoms with Crippen molar-refractivity contribution in [2.75, 3.05) is 11.9 Å². The number of nitrogens with one attached hydrogen (secondary N) is 1. The maximum Gasteiger partial charge on any atom is 0.335 e. The van der Waals surface area contributed by atoms with E-state index < -0.39 is 5.97 Å². The minimum atomic E-state index is -1.03. The van der Waals surface area contributed by atoms with E-state index in [4.69, 9.17) is 9.84 Å². The van der Waals surface area contributed by atoms with Crippen LogP contribution in [-0.2, 0) is 9.53 Å². The van der Waals surface area contributed by atoms with Crippen LogP contribution in [0.25, 0.3) is 0 Å². The van der Waals surface area contributed by atoms with Crippen molar-refractivity contribution in [1.82, 2.24) is 0 Å². The molecule has 0 unspecified atom stereocenters. The summed E-state index contributed by atoms with van der Waals surface area (Å²) in [6.07, 6.45) is -0.0221. The first-order valence-corrected chi connectivity index (χ1v) is 5.24. The summed E-state index contributed by atoms with van der Waals surface area (Å²) in [5, 5.41) is 11.3. The zero-order valence-corrected chi connectivity index (χ0v) is 9.77. The number of amides is 1. The Morgan fingerprint density at radius 2 is 2.12 bits per heavy atom. The molecule has 0 aliphatic heterocycles. The molecule has 1 aromatic carbocycles. The molecule has 5 heteroatoms. The molecule has 92 valence electrons. The molecule has 5 nitrogen and oxygen atoms in total. The second-order valence-electron chi connectivity index (χ2n) is 3.79. The monoisotopic (exact) mass is 237 g/mol. The number of hydrogen-bond donors (Lipinski definition) is 2. The van der Waals surface area contributed by atoms with E-state index in [1.165, 1.54) is 12.1 Å². The smallest absolute Gasteiger partial charge is 0.335 e. The topological polar surface area (TPSA) is 75.6 Å². The van der Waals surface area contributed by atoms with Crippen molar-refractivity contribution in [3.63, 3.8) is 0 Å². The molecule has 0 saturated carbocycles. The Morgan fingerprint density at radius 1 is 1.41 bits per heavy atom. The first kappa shape index (κ1) is 13.2. The van der Waals surface area contributed by atoms with Crippen molar-refractivity contribution < 1.29 is 19.4 Å². The summed E-state index contributed by atoms with van der Waals surface area (Å²) in [4.78, 5) is 22.1. The van der Waals surface area contributed by atoms with Crippen molar-refractivity contribution >= 4 is 17.6 Å². The van der Waals surface area contributed by atoms with Crippen molar-refractivity contribution in [2.45, 2.75) is 20.0 Å². The van der Waals surface area contributed by atoms with E-state index in [9.17, 15) is 9.59 Å². The van der Waals surface area contributed by atoms with Gasteiger partial charge < -0.3 is 15.2 Å². The van der Waals surface area contributed by atoms with Crippen LogP contribution in [0.1, 0.15) is 24.2 Å². The second kappa shape index (κ2) is 6.00. The van der Waals surface area contributed by atoms with Crippen LogP contribution in [0.5, 0.6) is 0 Å². The predicted octanol–water partition coefficient (Wildman–Crippen LogP) is 1.75. The molecule has 0 aliphatic carbocycles. The van der Waals surface area contributed by atoms with Gasteiger partial charge >= 0.3 is 5.97 Å². The summed E-state index contributed by atoms with van der Waals surface area (Å²) in [5.74, 6) is -1.33. The number of ether oxygens (including phenoxy) is 1. The number of rotatable bonds is 5. The van der Waals surface area contributed by atoms with Crippen molar-refractivity contribution in [3.05, 3.63) is 29.8 Å². The third kappa shape index (κ3) is 4.65. The average molecular weight is 237 g/mol. The van der Waals surface area contributed by atoms with Crippen molar-refractivity contribution in [1.29, 1.82) is 0 Å². The molecule has 0 saturated heterocycles. The van der Waals surface area contributed by atoms with Crippen molar-refractivity contribution in [2.24, 2.45) is 0 Å². The van der Waals surface area contributed by atoms with Gasteiger partial charge in [0.1, 0.15) is 6.61 Å². The Labute approximate surface area is 99.4 Å². The van der Waals surface area contributed by atoms with Gasteiger partial charge in [-0.3, -0.25) is 4.79 Å². The Hall–Kier alpha value is -1.88. The molecule has 1 amide bonds. The molecule has 2 N–H and O–H groups in total. The van der Waals surface area contributed by atoms with Crippen LogP contribution >= 0.6 is 0 Å². The Kier molecular flexibility index (Phi) is 4.66. The van der Waals surface area contributed by atoms with Crippen LogP contribution < -0.4 is 5.32 Å². The zero-order valence-electron chi connectivity index (χ0n) is 9.77. The minimum absolute atomic E-state index is 0.0221. The fourth-order valence-electron chi connectivity index (χ4n) is 1.17. The first-order chi connectivity index (χ1) is 7.99. The molecule has 0 aromatic heterocycles. The molecule has 1 rings (SSSR count). The van der Waals surface area contributed by atoms with Gasteiger partial charge in [-0.1, -0.05) is 6.07 Å². The molecule has 0 aliphatic rings. The summed E-state index contributed by atoms with van der Waals surface area (Å²) in [6, 6.07) is 6.06. The van der Waals surface area contributed by atoms with Gasteiger partial charge in [0.2, 0.25) is 5.91 Å². The quantitative estimate of drug-likeness (QED) is 0.818. The molecular weight excluding hydrogens is 222 g/mol. The van der Waals surface area contributed by atoms with Gasteiger partial charge in [0.05, 0.1) is 11.7 Å². The number of aromatic carboxylic acids is 1. The van der Waals surface area contributed by atoms with Crippen LogP contribution in [0.4, 0.5) is 5.69 Å². The minimum Gasteiger partial charge on any atom is -0.478 e. The average Bonchev–Trinajstić information content (AvgIpc) is 2.26. The largest absolute Gasteiger partial charge is 0.478 e. The molecule has 17 heavy (non-hydrogen) atoms. The molecule has 0 heterocycles. The Bertz CT molecular complexity index is 415. The lowest BCUT2D eigenvalue weighted by Gasteiger charge is -2.08. The molecule has 0 spiro atoms. The third-order valence-electron chi connectivity index (χ3n) is 1.94. The number of carbonyl (C=O) groups is 2. The summed E-state index contributed by atoms with van der Waals surface area (Å²) < 4.78 is 5.13. The number of carboxylic acids is 1. The van der Waals surface area contributed by atoms with Gasteiger partial charge in [0, 0.05) is 5.69 Å². The standard InChI is InChI=1S/C12H15NO4/c1-8(2)17-7-11(14)13-10-5-3-4-9(6-10)12(15)16/h3-6,8H,7H2,1-2H3,(H,13,14)(H,15,16). The SMILES string of the molecule is CC(C)OCC(=O)Nc1cccc(C(=O)O)c1. The van der Waals surface area contributed by atoms with Gasteiger partial charge in [0.25, 0.3) is 0 Å². The van der Waals surface area contributed by atoms with Crippen molar-refractivity contribution in [3.8, 4) is 0 Å². The van der Waals surface area contributed by atoms with Gasteiger partial charge in [-0.15, -0.1) is 0 Å². The maximum absolute atomic E-state index is 11.4. The molecule has 0 bridgehead atoms. The highest BCUT2D eigenvalue weighted by atomic mass is 16.5. The molecule has 0 fully saturated rings. The van der Waals surface area contributed by atoms with E-state index in [1.54, 1.807) is 12.1 Å². The fraction of sp³-hybridized carbons (Fsp3) is 0.333. The highest BCUT2D eigenvalue weighted by molar-refractivity contribution is 5.94. The molecular formula is C12H15NO4. The summed E-state index contributed by atoms with van der Waals surface area (Å²) in [7, 11) is 0. The highest BCUT2D eigenvalue weighted by Crippen LogP contribution is 2.10. The predicted molar refractivity (Wildman–Crippen MR) is 63.1 cm³/mol. The first-order valence-electron chi connectivity index (χ1n) is 5.24. The van der Waals surface area contributed by atoms with E-state index in [1.807, 2.05) is 13.8 Å². The summed E-state index contributed by atoms with van der Waals surface area (Å²) in [5.41, 5.74) is 0.579. The lowest BCUT2D eigenvalue weighted by molar-refractivity contribution is -0.121. The number of carboxylic acid groups (broad SMARTS) is 1. The Balaban J connectivity index is 2.59.